The molecule has 0 spiro atoms. The molecule has 0 bridgehead atoms. The molecular weight excluding hydrogens is 222 g/mol. The molecule has 0 amide bonds. The lowest BCUT2D eigenvalue weighted by Crippen LogP contribution is -2.37. The van der Waals surface area contributed by atoms with Crippen LogP contribution in [0.2, 0.25) is 0 Å². The molecule has 96 valence electrons. The number of thioether (sulfide) groups is 1. The van der Waals surface area contributed by atoms with Crippen molar-refractivity contribution in [1.82, 2.24) is 5.32 Å². The molecular formula is C12H25NO2S. The Hall–Kier alpha value is 0.230. The first-order valence-corrected chi connectivity index (χ1v) is 7.47. The lowest BCUT2D eigenvalue weighted by Gasteiger charge is -2.30. The zero-order valence-electron chi connectivity index (χ0n) is 10.2. The van der Waals surface area contributed by atoms with Gasteiger partial charge >= 0.3 is 0 Å². The minimum absolute atomic E-state index is 0.124. The quantitative estimate of drug-likeness (QED) is 0.633. The Morgan fingerprint density at radius 1 is 1.25 bits per heavy atom. The predicted molar refractivity (Wildman–Crippen MR) is 69.8 cm³/mol. The van der Waals surface area contributed by atoms with Crippen LogP contribution in [0.5, 0.6) is 0 Å². The van der Waals surface area contributed by atoms with Gasteiger partial charge in [-0.1, -0.05) is 19.3 Å². The van der Waals surface area contributed by atoms with Gasteiger partial charge in [-0.25, -0.2) is 0 Å². The molecule has 1 rings (SSSR count). The predicted octanol–water partition coefficient (Wildman–Crippen LogP) is 1.24. The molecule has 2 atom stereocenters. The van der Waals surface area contributed by atoms with Crippen LogP contribution in [-0.2, 0) is 0 Å². The summed E-state index contributed by atoms with van der Waals surface area (Å²) < 4.78 is 0. The van der Waals surface area contributed by atoms with Gasteiger partial charge in [-0.15, -0.1) is 0 Å². The second-order valence-corrected chi connectivity index (χ2v) is 5.74. The summed E-state index contributed by atoms with van der Waals surface area (Å²) in [6.07, 6.45) is 6.25. The first kappa shape index (κ1) is 14.3. The number of hydrogen-bond acceptors (Lipinski definition) is 4. The van der Waals surface area contributed by atoms with Crippen molar-refractivity contribution in [2.75, 3.05) is 25.2 Å². The Labute approximate surface area is 103 Å². The van der Waals surface area contributed by atoms with E-state index in [0.717, 1.165) is 11.7 Å². The molecule has 0 aromatic carbocycles. The molecule has 0 aromatic heterocycles. The maximum absolute atomic E-state index is 9.26. The van der Waals surface area contributed by atoms with Crippen LogP contribution >= 0.6 is 11.8 Å². The molecule has 0 aliphatic heterocycles. The lowest BCUT2D eigenvalue weighted by atomic mass is 9.84. The molecule has 1 fully saturated rings. The van der Waals surface area contributed by atoms with Gasteiger partial charge in [0.05, 0.1) is 12.7 Å². The maximum Gasteiger partial charge on any atom is 0.0861 e. The summed E-state index contributed by atoms with van der Waals surface area (Å²) in [4.78, 5) is 0. The highest BCUT2D eigenvalue weighted by Gasteiger charge is 2.22. The van der Waals surface area contributed by atoms with Crippen LogP contribution in [0.4, 0.5) is 0 Å². The van der Waals surface area contributed by atoms with E-state index in [4.69, 9.17) is 5.11 Å². The maximum atomic E-state index is 9.26. The molecule has 4 heteroatoms. The smallest absolute Gasteiger partial charge is 0.0861 e. The summed E-state index contributed by atoms with van der Waals surface area (Å²) in [6.45, 7) is -0.124. The summed E-state index contributed by atoms with van der Waals surface area (Å²) >= 11 is 1.74. The van der Waals surface area contributed by atoms with E-state index < -0.39 is 6.10 Å². The molecule has 0 saturated heterocycles. The topological polar surface area (TPSA) is 52.5 Å². The van der Waals surface area contributed by atoms with E-state index >= 15 is 0 Å². The van der Waals surface area contributed by atoms with Crippen molar-refractivity contribution in [3.8, 4) is 0 Å². The first-order chi connectivity index (χ1) is 7.77. The Kier molecular flexibility index (Phi) is 7.45. The fraction of sp³-hybridized carbons (Fsp3) is 1.00. The number of nitrogens with one attached hydrogen (secondary N) is 1. The highest BCUT2D eigenvalue weighted by molar-refractivity contribution is 7.99. The van der Waals surface area contributed by atoms with Gasteiger partial charge in [0.1, 0.15) is 0 Å². The van der Waals surface area contributed by atoms with Crippen molar-refractivity contribution >= 4 is 11.8 Å². The van der Waals surface area contributed by atoms with Gasteiger partial charge in [0.15, 0.2) is 0 Å². The highest BCUT2D eigenvalue weighted by atomic mass is 32.2. The standard InChI is InChI=1S/C12H25NO2S/c1-13-12(9-16-8-11(15)7-14)10-5-3-2-4-6-10/h10-15H,2-9H2,1H3. The zero-order chi connectivity index (χ0) is 11.8. The Balaban J connectivity index is 2.19. The van der Waals surface area contributed by atoms with Gasteiger partial charge in [-0.3, -0.25) is 0 Å². The monoisotopic (exact) mass is 247 g/mol. The Morgan fingerprint density at radius 3 is 2.50 bits per heavy atom. The van der Waals surface area contributed by atoms with Crippen LogP contribution in [0.1, 0.15) is 32.1 Å². The minimum Gasteiger partial charge on any atom is -0.394 e. The van der Waals surface area contributed by atoms with Crippen molar-refractivity contribution in [2.45, 2.75) is 44.2 Å². The fourth-order valence-electron chi connectivity index (χ4n) is 2.38. The van der Waals surface area contributed by atoms with E-state index in [0.29, 0.717) is 11.8 Å². The number of rotatable bonds is 7. The number of aliphatic hydroxyl groups is 2. The van der Waals surface area contributed by atoms with Crippen molar-refractivity contribution < 1.29 is 10.2 Å². The second-order valence-electron chi connectivity index (χ2n) is 4.67. The van der Waals surface area contributed by atoms with Crippen molar-refractivity contribution in [2.24, 2.45) is 5.92 Å². The molecule has 2 unspecified atom stereocenters. The summed E-state index contributed by atoms with van der Waals surface area (Å²) in [7, 11) is 2.03. The molecule has 1 aliphatic carbocycles. The van der Waals surface area contributed by atoms with Gasteiger partial charge in [-0.05, 0) is 25.8 Å². The average molecular weight is 247 g/mol. The molecule has 0 aromatic rings. The third-order valence-corrected chi connectivity index (χ3v) is 4.62. The highest BCUT2D eigenvalue weighted by Crippen LogP contribution is 2.27. The van der Waals surface area contributed by atoms with Crippen LogP contribution < -0.4 is 5.32 Å². The summed E-state index contributed by atoms with van der Waals surface area (Å²) in [5.41, 5.74) is 0. The fourth-order valence-corrected chi connectivity index (χ4v) is 3.58. The molecule has 0 heterocycles. The van der Waals surface area contributed by atoms with Crippen LogP contribution in [0.25, 0.3) is 0 Å². The van der Waals surface area contributed by atoms with E-state index in [-0.39, 0.29) is 6.61 Å². The van der Waals surface area contributed by atoms with Gasteiger partial charge in [0.25, 0.3) is 0 Å². The number of aliphatic hydroxyl groups excluding tert-OH is 2. The normalized spacial score (nSPS) is 21.9. The Morgan fingerprint density at radius 2 is 1.94 bits per heavy atom. The van der Waals surface area contributed by atoms with Crippen molar-refractivity contribution in [1.29, 1.82) is 0 Å². The summed E-state index contributed by atoms with van der Waals surface area (Å²) in [6, 6.07) is 0.566. The van der Waals surface area contributed by atoms with E-state index in [1.165, 1.54) is 32.1 Å². The van der Waals surface area contributed by atoms with Crippen LogP contribution in [0.3, 0.4) is 0 Å². The minimum atomic E-state index is -0.561. The van der Waals surface area contributed by atoms with Crippen molar-refractivity contribution in [3.63, 3.8) is 0 Å². The molecule has 3 N–H and O–H groups in total. The summed E-state index contributed by atoms with van der Waals surface area (Å²) in [5, 5.41) is 21.4. The molecule has 0 radical (unpaired) electrons. The zero-order valence-corrected chi connectivity index (χ0v) is 11.0. The van der Waals surface area contributed by atoms with E-state index in [1.807, 2.05) is 7.05 Å². The lowest BCUT2D eigenvalue weighted by molar-refractivity contribution is 0.113. The molecule has 16 heavy (non-hydrogen) atoms. The SMILES string of the molecule is CNC(CSCC(O)CO)C1CCCCC1. The third-order valence-electron chi connectivity index (χ3n) is 3.41. The van der Waals surface area contributed by atoms with E-state index in [1.54, 1.807) is 11.8 Å². The second kappa shape index (κ2) is 8.34. The third kappa shape index (κ3) is 5.04. The number of hydrogen-bond donors (Lipinski definition) is 3. The first-order valence-electron chi connectivity index (χ1n) is 6.32. The van der Waals surface area contributed by atoms with Gasteiger partial charge < -0.3 is 15.5 Å². The van der Waals surface area contributed by atoms with E-state index in [2.05, 4.69) is 5.32 Å². The molecule has 1 aliphatic rings. The van der Waals surface area contributed by atoms with Gasteiger partial charge in [0, 0.05) is 17.5 Å². The Bertz CT molecular complexity index is 174. The molecule has 3 nitrogen and oxygen atoms in total. The van der Waals surface area contributed by atoms with Crippen LogP contribution in [-0.4, -0.2) is 47.5 Å². The summed E-state index contributed by atoms with van der Waals surface area (Å²) in [5.74, 6) is 2.48. The van der Waals surface area contributed by atoms with Gasteiger partial charge in [-0.2, -0.15) is 11.8 Å². The van der Waals surface area contributed by atoms with Crippen LogP contribution in [0.15, 0.2) is 0 Å². The van der Waals surface area contributed by atoms with E-state index in [9.17, 15) is 5.11 Å². The van der Waals surface area contributed by atoms with Crippen LogP contribution in [0, 0.1) is 5.92 Å². The molecule has 1 saturated carbocycles. The largest absolute Gasteiger partial charge is 0.394 e. The van der Waals surface area contributed by atoms with Gasteiger partial charge in [0.2, 0.25) is 0 Å². The van der Waals surface area contributed by atoms with Crippen molar-refractivity contribution in [3.05, 3.63) is 0 Å². The average Bonchev–Trinajstić information content (AvgIpc) is 2.35.